The summed E-state index contributed by atoms with van der Waals surface area (Å²) in [6, 6.07) is 0. The van der Waals surface area contributed by atoms with Gasteiger partial charge in [-0.1, -0.05) is 0 Å². The summed E-state index contributed by atoms with van der Waals surface area (Å²) in [5.41, 5.74) is 5.50. The van der Waals surface area contributed by atoms with Crippen molar-refractivity contribution in [3.63, 3.8) is 0 Å². The molecule has 0 amide bonds. The van der Waals surface area contributed by atoms with Gasteiger partial charge >= 0.3 is 29.6 Å². The summed E-state index contributed by atoms with van der Waals surface area (Å²) in [7, 11) is 0. The van der Waals surface area contributed by atoms with Crippen LogP contribution in [-0.2, 0) is 4.79 Å². The zero-order valence-corrected chi connectivity index (χ0v) is 5.13. The third kappa shape index (κ3) is 332. The van der Waals surface area contributed by atoms with Crippen LogP contribution in [0.3, 0.4) is 0 Å². The van der Waals surface area contributed by atoms with Crippen molar-refractivity contribution in [3.05, 3.63) is 0 Å². The van der Waals surface area contributed by atoms with Gasteiger partial charge in [0.2, 0.25) is 5.72 Å². The van der Waals surface area contributed by atoms with Gasteiger partial charge in [0, 0.05) is 6.45 Å². The first-order valence-corrected chi connectivity index (χ1v) is 0.408. The van der Waals surface area contributed by atoms with Gasteiger partial charge in [-0.05, 0) is 0 Å². The van der Waals surface area contributed by atoms with Gasteiger partial charge in [-0.3, -0.25) is 0 Å². The predicted molar refractivity (Wildman–Crippen MR) is 13.3 cm³/mol. The molecule has 34 valence electrons. The fourth-order valence-electron chi connectivity index (χ4n) is 0. The summed E-state index contributed by atoms with van der Waals surface area (Å²) >= 11 is 0. The minimum absolute atomic E-state index is 0. The average Bonchev–Trinajstić information content (AvgIpc) is 1.65. The Balaban J connectivity index is -0.0000000325. The van der Waals surface area contributed by atoms with E-state index in [4.69, 9.17) is 17.0 Å². The van der Waals surface area contributed by atoms with Crippen molar-refractivity contribution < 1.29 is 51.8 Å². The van der Waals surface area contributed by atoms with Crippen molar-refractivity contribution >= 4 is 6.45 Å². The molecular weight excluding hydrogens is 99.0 g/mol. The Morgan fingerprint density at radius 3 is 2.00 bits per heavy atom. The van der Waals surface area contributed by atoms with E-state index in [-0.39, 0.29) is 29.6 Å². The Labute approximate surface area is 64.4 Å². The summed E-state index contributed by atoms with van der Waals surface area (Å²) in [5.74, 6) is 0. The zero-order valence-electron chi connectivity index (χ0n) is 8.13. The van der Waals surface area contributed by atoms with Crippen molar-refractivity contribution in [2.24, 2.45) is 0 Å². The van der Waals surface area contributed by atoms with Crippen molar-refractivity contribution in [1.82, 2.24) is 0 Å². The molecule has 4 nitrogen and oxygen atoms in total. The third-order valence-electron chi connectivity index (χ3n) is 0. The molecule has 0 unspecified atom stereocenters. The van der Waals surface area contributed by atoms with E-state index in [1.807, 2.05) is 0 Å². The first-order valence-electron chi connectivity index (χ1n) is 2.54. The zero-order chi connectivity index (χ0) is 8.99. The smallest absolute Gasteiger partial charge is 0.554 e. The fourth-order valence-corrected chi connectivity index (χ4v) is 0. The molecule has 0 spiro atoms. The fraction of sp³-hybridized carbons (Fsp3) is 0. The van der Waals surface area contributed by atoms with Crippen molar-refractivity contribution in [3.8, 4) is 0 Å². The number of rotatable bonds is 0. The molecule has 0 rings (SSSR count). The molecule has 0 aliphatic carbocycles. The molecule has 0 aromatic rings. The average molecular weight is 109 g/mol. The van der Waals surface area contributed by atoms with E-state index in [2.05, 4.69) is 11.0 Å². The second kappa shape index (κ2) is 53.8. The summed E-state index contributed by atoms with van der Waals surface area (Å²) in [4.78, 5) is 8.56. The maximum absolute atomic E-state index is 8.56. The van der Waals surface area contributed by atoms with E-state index < -0.39 is 6.45 Å². The minimum Gasteiger partial charge on any atom is -0.554 e. The molecule has 5 heteroatoms. The number of carbonyl (C=O) groups excluding carboxylic acids is 1. The Bertz CT molecular complexity index is 56.4. The maximum Gasteiger partial charge on any atom is 1.00 e. The number of hydrogen-bond acceptors (Lipinski definition) is 2. The van der Waals surface area contributed by atoms with Crippen LogP contribution in [0.15, 0.2) is 0 Å². The van der Waals surface area contributed by atoms with Crippen LogP contribution < -0.4 is 34.7 Å². The van der Waals surface area contributed by atoms with E-state index in [1.54, 1.807) is 0 Å². The van der Waals surface area contributed by atoms with Gasteiger partial charge in [-0.25, -0.2) is 0 Å². The van der Waals surface area contributed by atoms with Gasteiger partial charge in [-0.2, -0.15) is 0 Å². The SMILES string of the molecule is [2H]C(=O)[O-].[2H]O[2H].[2H]O[2H].[Na+]. The standard InChI is InChI=1S/CH2O2.Na.2H2O/c2-1-3;;;/h1H,(H,2,3);;2*1H2/q;+1;;/p-1/i1D;;;/hD4. The normalized spacial score (nSPS) is 11.0. The molecule has 0 bridgehead atoms. The van der Waals surface area contributed by atoms with E-state index in [0.29, 0.717) is 0 Å². The third-order valence-corrected chi connectivity index (χ3v) is 0. The topological polar surface area (TPSA) is 103 Å². The molecule has 0 saturated carbocycles. The van der Waals surface area contributed by atoms with E-state index in [0.717, 1.165) is 0 Å². The van der Waals surface area contributed by atoms with Crippen LogP contribution in [0.2, 0.25) is 0 Å². The number of carboxylic acid groups (broad SMARTS) is 1. The summed E-state index contributed by atoms with van der Waals surface area (Å²) in [6.45, 7) is 0. The first kappa shape index (κ1) is 3.40. The monoisotopic (exact) mass is 109 g/mol. The molecule has 0 aromatic carbocycles. The Kier molecular flexibility index (Phi) is 30.5. The van der Waals surface area contributed by atoms with Crippen molar-refractivity contribution in [1.29, 1.82) is 5.72 Å². The molecule has 0 atom stereocenters. The summed E-state index contributed by atoms with van der Waals surface area (Å²) < 4.78 is 26.9. The van der Waals surface area contributed by atoms with Gasteiger partial charge in [-0.15, -0.1) is 0 Å². The summed E-state index contributed by atoms with van der Waals surface area (Å²) in [6.07, 6.45) is -1.83. The van der Waals surface area contributed by atoms with Gasteiger partial charge in [0.1, 0.15) is 0 Å². The largest absolute Gasteiger partial charge is 1.00 e. The van der Waals surface area contributed by atoms with Crippen LogP contribution in [0.1, 0.15) is 1.37 Å². The van der Waals surface area contributed by atoms with Gasteiger partial charge in [0.05, 0.1) is 1.37 Å². The van der Waals surface area contributed by atoms with Gasteiger partial charge in [0.25, 0.3) is 0 Å². The van der Waals surface area contributed by atoms with Crippen molar-refractivity contribution in [2.75, 3.05) is 0 Å². The first-order chi connectivity index (χ1) is 4.56. The Morgan fingerprint density at radius 2 is 2.00 bits per heavy atom. The van der Waals surface area contributed by atoms with Crippen LogP contribution >= 0.6 is 0 Å². The molecule has 0 aliphatic rings. The van der Waals surface area contributed by atoms with E-state index in [1.165, 1.54) is 0 Å². The molecule has 4 N–H and O–H groups in total. The molecular formula is CH5NaO4. The summed E-state index contributed by atoms with van der Waals surface area (Å²) in [5, 5.41) is 8.56. The minimum atomic E-state index is -1.83. The van der Waals surface area contributed by atoms with E-state index in [9.17, 15) is 0 Å². The van der Waals surface area contributed by atoms with Crippen LogP contribution in [0.25, 0.3) is 0 Å². The van der Waals surface area contributed by atoms with Crippen LogP contribution in [0.4, 0.5) is 0 Å². The molecule has 0 aromatic heterocycles. The van der Waals surface area contributed by atoms with Gasteiger partial charge in [0.15, 0.2) is 0 Å². The van der Waals surface area contributed by atoms with Gasteiger partial charge < -0.3 is 20.9 Å². The second-order valence-corrected chi connectivity index (χ2v) is 0.0833. The molecule has 0 radical (unpaired) electrons. The molecule has 6 heavy (non-hydrogen) atoms. The van der Waals surface area contributed by atoms with Crippen LogP contribution in [0.5, 0.6) is 0 Å². The quantitative estimate of drug-likeness (QED) is 0.228. The Morgan fingerprint density at radius 1 is 2.00 bits per heavy atom. The van der Waals surface area contributed by atoms with Crippen LogP contribution in [0, 0.1) is 0 Å². The number of carbonyl (C=O) groups is 1. The second-order valence-electron chi connectivity index (χ2n) is 0.0833. The predicted octanol–water partition coefficient (Wildman–Crippen LogP) is -6.28. The van der Waals surface area contributed by atoms with Crippen LogP contribution in [-0.4, -0.2) is 23.1 Å². The maximum atomic E-state index is 8.56. The van der Waals surface area contributed by atoms with Crippen molar-refractivity contribution in [2.45, 2.75) is 0 Å². The Hall–Kier alpha value is 0.390. The number of hydrogen-bond donors (Lipinski definition) is 0. The molecule has 0 heterocycles. The molecule has 0 saturated heterocycles. The molecule has 0 aliphatic heterocycles. The van der Waals surface area contributed by atoms with E-state index >= 15 is 0 Å². The molecule has 0 fully saturated rings.